The number of carbonyl (C=O) groups is 1. The van der Waals surface area contributed by atoms with Crippen molar-refractivity contribution >= 4 is 5.91 Å². The van der Waals surface area contributed by atoms with Crippen molar-refractivity contribution in [3.8, 4) is 0 Å². The van der Waals surface area contributed by atoms with Crippen molar-refractivity contribution in [3.05, 3.63) is 0 Å². The Morgan fingerprint density at radius 1 is 1.62 bits per heavy atom. The highest BCUT2D eigenvalue weighted by Gasteiger charge is 2.27. The van der Waals surface area contributed by atoms with E-state index in [-0.39, 0.29) is 18.1 Å². The van der Waals surface area contributed by atoms with Crippen LogP contribution in [-0.2, 0) is 9.53 Å². The predicted molar refractivity (Wildman–Crippen MR) is 63.4 cm³/mol. The van der Waals surface area contributed by atoms with Crippen molar-refractivity contribution in [3.63, 3.8) is 0 Å². The molecule has 2 atom stereocenters. The second kappa shape index (κ2) is 6.83. The first kappa shape index (κ1) is 13.4. The van der Waals surface area contributed by atoms with Crippen LogP contribution >= 0.6 is 0 Å². The van der Waals surface area contributed by atoms with E-state index in [4.69, 9.17) is 4.74 Å². The zero-order valence-corrected chi connectivity index (χ0v) is 10.5. The summed E-state index contributed by atoms with van der Waals surface area (Å²) in [6, 6.07) is -0.0665. The summed E-state index contributed by atoms with van der Waals surface area (Å²) in [6.07, 6.45) is 0.190. The molecule has 1 rings (SSSR count). The molecule has 1 aliphatic heterocycles. The van der Waals surface area contributed by atoms with E-state index in [9.17, 15) is 4.79 Å². The van der Waals surface area contributed by atoms with Gasteiger partial charge in [-0.2, -0.15) is 0 Å². The van der Waals surface area contributed by atoms with Crippen molar-refractivity contribution in [1.82, 2.24) is 15.5 Å². The first-order valence-electron chi connectivity index (χ1n) is 5.97. The number of hydrogen-bond acceptors (Lipinski definition) is 4. The zero-order chi connectivity index (χ0) is 12.0. The number of carbonyl (C=O) groups excluding carboxylic acids is 1. The molecule has 0 aromatic carbocycles. The molecule has 1 amide bonds. The van der Waals surface area contributed by atoms with Gasteiger partial charge in [0.1, 0.15) is 0 Å². The number of nitrogens with zero attached hydrogens (tertiary/aromatic N) is 1. The van der Waals surface area contributed by atoms with Crippen molar-refractivity contribution in [1.29, 1.82) is 0 Å². The van der Waals surface area contributed by atoms with Crippen LogP contribution in [-0.4, -0.2) is 62.8 Å². The summed E-state index contributed by atoms with van der Waals surface area (Å²) in [4.78, 5) is 13.9. The third-order valence-corrected chi connectivity index (χ3v) is 2.88. The van der Waals surface area contributed by atoms with E-state index in [0.717, 1.165) is 19.6 Å². The summed E-state index contributed by atoms with van der Waals surface area (Å²) in [6.45, 7) is 7.76. The summed E-state index contributed by atoms with van der Waals surface area (Å²) in [7, 11) is 1.91. The first-order chi connectivity index (χ1) is 7.69. The maximum absolute atomic E-state index is 11.7. The normalized spacial score (nSPS) is 24.1. The standard InChI is InChI=1S/C11H23N3O2/c1-4-13-11(15)9(2)14-5-6-16-10(8-14)7-12-3/h9-10,12H,4-8H2,1-3H3,(H,13,15). The number of likely N-dealkylation sites (N-methyl/N-ethyl adjacent to an activating group) is 2. The summed E-state index contributed by atoms with van der Waals surface area (Å²) < 4.78 is 5.60. The molecule has 5 nitrogen and oxygen atoms in total. The Kier molecular flexibility index (Phi) is 5.73. The van der Waals surface area contributed by atoms with Crippen LogP contribution in [0.25, 0.3) is 0 Å². The molecule has 2 N–H and O–H groups in total. The fraction of sp³-hybridized carbons (Fsp3) is 0.909. The van der Waals surface area contributed by atoms with E-state index in [0.29, 0.717) is 13.2 Å². The van der Waals surface area contributed by atoms with Gasteiger partial charge in [0.25, 0.3) is 0 Å². The molecule has 5 heteroatoms. The van der Waals surface area contributed by atoms with E-state index in [1.807, 2.05) is 20.9 Å². The largest absolute Gasteiger partial charge is 0.374 e. The minimum Gasteiger partial charge on any atom is -0.374 e. The van der Waals surface area contributed by atoms with Crippen LogP contribution in [0.2, 0.25) is 0 Å². The lowest BCUT2D eigenvalue weighted by Gasteiger charge is -2.36. The molecular weight excluding hydrogens is 206 g/mol. The minimum absolute atomic E-state index is 0.0665. The number of morpholine rings is 1. The maximum Gasteiger partial charge on any atom is 0.237 e. The van der Waals surface area contributed by atoms with Gasteiger partial charge in [0.15, 0.2) is 0 Å². The van der Waals surface area contributed by atoms with Crippen molar-refractivity contribution in [2.75, 3.05) is 39.8 Å². The molecule has 16 heavy (non-hydrogen) atoms. The molecule has 0 aromatic heterocycles. The minimum atomic E-state index is -0.0665. The van der Waals surface area contributed by atoms with Crippen LogP contribution in [0, 0.1) is 0 Å². The predicted octanol–water partition coefficient (Wildman–Crippen LogP) is -0.569. The Morgan fingerprint density at radius 3 is 3.00 bits per heavy atom. The van der Waals surface area contributed by atoms with Gasteiger partial charge in [-0.05, 0) is 20.9 Å². The lowest BCUT2D eigenvalue weighted by molar-refractivity contribution is -0.128. The van der Waals surface area contributed by atoms with Gasteiger partial charge in [-0.25, -0.2) is 0 Å². The Hall–Kier alpha value is -0.650. The van der Waals surface area contributed by atoms with Gasteiger partial charge in [0, 0.05) is 26.2 Å². The van der Waals surface area contributed by atoms with E-state index in [2.05, 4.69) is 15.5 Å². The Labute approximate surface area is 97.5 Å². The Balaban J connectivity index is 2.43. The van der Waals surface area contributed by atoms with E-state index in [1.165, 1.54) is 0 Å². The van der Waals surface area contributed by atoms with E-state index >= 15 is 0 Å². The van der Waals surface area contributed by atoms with Gasteiger partial charge >= 0.3 is 0 Å². The van der Waals surface area contributed by atoms with Gasteiger partial charge in [0.2, 0.25) is 5.91 Å². The number of ether oxygens (including phenoxy) is 1. The lowest BCUT2D eigenvalue weighted by atomic mass is 10.2. The number of hydrogen-bond donors (Lipinski definition) is 2. The first-order valence-corrected chi connectivity index (χ1v) is 5.97. The smallest absolute Gasteiger partial charge is 0.237 e. The fourth-order valence-electron chi connectivity index (χ4n) is 1.93. The van der Waals surface area contributed by atoms with Crippen LogP contribution in [0.3, 0.4) is 0 Å². The monoisotopic (exact) mass is 229 g/mol. The molecule has 0 aliphatic carbocycles. The summed E-state index contributed by atoms with van der Waals surface area (Å²) in [5, 5.41) is 5.95. The molecule has 1 heterocycles. The molecule has 0 aromatic rings. The summed E-state index contributed by atoms with van der Waals surface area (Å²) in [5.41, 5.74) is 0. The van der Waals surface area contributed by atoms with Gasteiger partial charge in [-0.1, -0.05) is 0 Å². The molecule has 0 saturated carbocycles. The van der Waals surface area contributed by atoms with Crippen molar-refractivity contribution in [2.45, 2.75) is 26.0 Å². The van der Waals surface area contributed by atoms with Crippen molar-refractivity contribution < 1.29 is 9.53 Å². The number of rotatable bonds is 5. The average Bonchev–Trinajstić information content (AvgIpc) is 2.29. The summed E-state index contributed by atoms with van der Waals surface area (Å²) >= 11 is 0. The highest BCUT2D eigenvalue weighted by atomic mass is 16.5. The third-order valence-electron chi connectivity index (χ3n) is 2.88. The Bertz CT molecular complexity index is 221. The van der Waals surface area contributed by atoms with Gasteiger partial charge in [-0.15, -0.1) is 0 Å². The van der Waals surface area contributed by atoms with Crippen LogP contribution in [0.15, 0.2) is 0 Å². The zero-order valence-electron chi connectivity index (χ0n) is 10.5. The van der Waals surface area contributed by atoms with E-state index < -0.39 is 0 Å². The van der Waals surface area contributed by atoms with Gasteiger partial charge in [-0.3, -0.25) is 9.69 Å². The second-order valence-electron chi connectivity index (χ2n) is 4.12. The molecule has 0 bridgehead atoms. The van der Waals surface area contributed by atoms with Crippen LogP contribution in [0.5, 0.6) is 0 Å². The fourth-order valence-corrected chi connectivity index (χ4v) is 1.93. The maximum atomic E-state index is 11.7. The topological polar surface area (TPSA) is 53.6 Å². The van der Waals surface area contributed by atoms with Gasteiger partial charge in [0.05, 0.1) is 18.8 Å². The SMILES string of the molecule is CCNC(=O)C(C)N1CCOC(CNC)C1. The second-order valence-corrected chi connectivity index (χ2v) is 4.12. The van der Waals surface area contributed by atoms with Crippen LogP contribution in [0.1, 0.15) is 13.8 Å². The van der Waals surface area contributed by atoms with Crippen LogP contribution < -0.4 is 10.6 Å². The molecule has 1 saturated heterocycles. The number of amides is 1. The molecule has 0 radical (unpaired) electrons. The molecule has 94 valence electrons. The highest BCUT2D eigenvalue weighted by Crippen LogP contribution is 2.08. The van der Waals surface area contributed by atoms with Crippen molar-refractivity contribution in [2.24, 2.45) is 0 Å². The number of nitrogens with one attached hydrogen (secondary N) is 2. The Morgan fingerprint density at radius 2 is 2.38 bits per heavy atom. The third kappa shape index (κ3) is 3.73. The van der Waals surface area contributed by atoms with Gasteiger partial charge < -0.3 is 15.4 Å². The average molecular weight is 229 g/mol. The lowest BCUT2D eigenvalue weighted by Crippen LogP contribution is -2.53. The quantitative estimate of drug-likeness (QED) is 0.663. The molecule has 1 fully saturated rings. The molecule has 2 unspecified atom stereocenters. The highest BCUT2D eigenvalue weighted by molar-refractivity contribution is 5.81. The van der Waals surface area contributed by atoms with E-state index in [1.54, 1.807) is 0 Å². The van der Waals surface area contributed by atoms with Crippen LogP contribution in [0.4, 0.5) is 0 Å². The molecule has 1 aliphatic rings. The molecular formula is C11H23N3O2. The molecule has 0 spiro atoms. The summed E-state index contributed by atoms with van der Waals surface area (Å²) in [5.74, 6) is 0.104.